The van der Waals surface area contributed by atoms with Gasteiger partial charge in [-0.2, -0.15) is 0 Å². The van der Waals surface area contributed by atoms with Gasteiger partial charge in [-0.1, -0.05) is 97.1 Å². The molecule has 0 aromatic heterocycles. The normalized spacial score (nSPS) is 22.5. The van der Waals surface area contributed by atoms with Gasteiger partial charge in [0.15, 0.2) is 0 Å². The van der Waals surface area contributed by atoms with E-state index in [1.165, 1.54) is 0 Å². The molecule has 10 heteroatoms. The van der Waals surface area contributed by atoms with Crippen LogP contribution in [0.1, 0.15) is 56.0 Å². The van der Waals surface area contributed by atoms with Crippen molar-refractivity contribution in [2.75, 3.05) is 0 Å². The van der Waals surface area contributed by atoms with Crippen molar-refractivity contribution in [2.45, 2.75) is 25.0 Å². The van der Waals surface area contributed by atoms with Crippen molar-refractivity contribution in [3.05, 3.63) is 144 Å². The van der Waals surface area contributed by atoms with E-state index in [0.717, 1.165) is 33.8 Å². The van der Waals surface area contributed by atoms with Gasteiger partial charge >= 0.3 is 14.2 Å². The van der Waals surface area contributed by atoms with Crippen molar-refractivity contribution < 1.29 is 35.3 Å². The Balaban J connectivity index is 0.000000595. The van der Waals surface area contributed by atoms with Crippen LogP contribution in [0.3, 0.4) is 0 Å². The summed E-state index contributed by atoms with van der Waals surface area (Å²) in [6.07, 6.45) is 0.625. The maximum atomic E-state index is 9.75. The summed E-state index contributed by atoms with van der Waals surface area (Å²) < 4.78 is 65.3. The highest BCUT2D eigenvalue weighted by Crippen LogP contribution is 2.40. The second-order valence-electron chi connectivity index (χ2n) is 9.37. The fourth-order valence-corrected chi connectivity index (χ4v) is 4.80. The largest absolute Gasteiger partial charge is 1.16 e. The fraction of sp³-hybridized carbons (Fsp3) is 0.133. The molecule has 204 valence electrons. The molecule has 2 aliphatic rings. The van der Waals surface area contributed by atoms with Gasteiger partial charge in [0.2, 0.25) is 0 Å². The highest BCUT2D eigenvalue weighted by molar-refractivity contribution is 6.51. The lowest BCUT2D eigenvalue weighted by Crippen LogP contribution is -2.50. The van der Waals surface area contributed by atoms with Gasteiger partial charge in [-0.25, -0.2) is 0 Å². The van der Waals surface area contributed by atoms with Crippen molar-refractivity contribution in [3.63, 3.8) is 0 Å². The molecule has 0 bridgehead atoms. The third-order valence-corrected chi connectivity index (χ3v) is 6.51. The van der Waals surface area contributed by atoms with Crippen LogP contribution < -0.4 is 0 Å². The first-order valence-electron chi connectivity index (χ1n) is 12.9. The molecule has 4 aromatic rings. The molecule has 2 aliphatic heterocycles. The molecule has 0 radical (unpaired) electrons. The van der Waals surface area contributed by atoms with Crippen LogP contribution >= 0.6 is 0 Å². The summed E-state index contributed by atoms with van der Waals surface area (Å²) in [5.74, 6) is 1.60. The van der Waals surface area contributed by atoms with Crippen LogP contribution in [0.25, 0.3) is 0 Å². The minimum absolute atomic E-state index is 0.272. The van der Waals surface area contributed by atoms with E-state index < -0.39 is 14.2 Å². The Hall–Kier alpha value is -4.01. The average molecular weight is 548 g/mol. The first-order valence-corrected chi connectivity index (χ1v) is 12.9. The zero-order valence-electron chi connectivity index (χ0n) is 21.4. The third kappa shape index (κ3) is 7.14. The Morgan fingerprint density at radius 2 is 0.825 bits per heavy atom. The van der Waals surface area contributed by atoms with Gasteiger partial charge in [0, 0.05) is 0 Å². The highest BCUT2D eigenvalue weighted by Gasteiger charge is 2.74. The number of rotatable bonds is 4. The highest BCUT2D eigenvalue weighted by atomic mass is 19.5. The van der Waals surface area contributed by atoms with Gasteiger partial charge in [0.05, 0.1) is 36.2 Å². The van der Waals surface area contributed by atoms with Gasteiger partial charge < -0.3 is 35.3 Å². The summed E-state index contributed by atoms with van der Waals surface area (Å²) >= 11 is 0. The van der Waals surface area contributed by atoms with Crippen LogP contribution in [0.2, 0.25) is 0 Å². The van der Waals surface area contributed by atoms with Crippen molar-refractivity contribution in [1.29, 1.82) is 0 Å². The molecule has 4 aromatic carbocycles. The molecule has 0 fully saturated rings. The monoisotopic (exact) mass is 548 g/mol. The lowest BCUT2D eigenvalue weighted by Gasteiger charge is -2.31. The smallest absolute Gasteiger partial charge is 0.418 e. The summed E-state index contributed by atoms with van der Waals surface area (Å²) in [4.78, 5) is 0. The van der Waals surface area contributed by atoms with E-state index in [2.05, 4.69) is 24.3 Å². The van der Waals surface area contributed by atoms with E-state index in [9.17, 15) is 17.3 Å². The maximum absolute atomic E-state index is 9.75. The Morgan fingerprint density at radius 3 is 1.15 bits per heavy atom. The molecule has 0 saturated heterocycles. The third-order valence-electron chi connectivity index (χ3n) is 6.51. The minimum atomic E-state index is -6.00. The first kappa shape index (κ1) is 27.6. The lowest BCUT2D eigenvalue weighted by atomic mass is 9.89. The predicted molar refractivity (Wildman–Crippen MR) is 147 cm³/mol. The van der Waals surface area contributed by atoms with Gasteiger partial charge in [0.25, 0.3) is 11.6 Å². The number of halogens is 4. The number of benzene rings is 4. The Bertz CT molecular complexity index is 1340. The summed E-state index contributed by atoms with van der Waals surface area (Å²) in [5.41, 5.74) is 4.10. The van der Waals surface area contributed by atoms with Crippen LogP contribution in [-0.4, -0.2) is 25.8 Å². The Kier molecular flexibility index (Phi) is 8.28. The van der Waals surface area contributed by atoms with Gasteiger partial charge in [0.1, 0.15) is 0 Å². The molecule has 0 amide bonds. The molecule has 1 spiro atoms. The summed E-state index contributed by atoms with van der Waals surface area (Å²) in [6.45, 7) is -2.58. The molecule has 2 unspecified atom stereocenters. The van der Waals surface area contributed by atoms with E-state index >= 15 is 0 Å². The molecule has 2 atom stereocenters. The second-order valence-corrected chi connectivity index (χ2v) is 9.37. The second kappa shape index (κ2) is 12.0. The van der Waals surface area contributed by atoms with Crippen LogP contribution in [0.4, 0.5) is 17.3 Å². The van der Waals surface area contributed by atoms with Crippen LogP contribution in [0, 0.1) is 0 Å². The summed E-state index contributed by atoms with van der Waals surface area (Å²) in [7, 11) is -6.00. The number of carbonyl (C=O) groups excluding carboxylic acids is 2. The molecular formula is C30H26B2F4O4. The molecule has 0 aliphatic carbocycles. The fourth-order valence-electron chi connectivity index (χ4n) is 4.80. The first-order chi connectivity index (χ1) is 19.3. The van der Waals surface area contributed by atoms with Crippen molar-refractivity contribution >= 4 is 25.8 Å². The van der Waals surface area contributed by atoms with Crippen molar-refractivity contribution in [1.82, 2.24) is 0 Å². The molecule has 40 heavy (non-hydrogen) atoms. The molecule has 0 N–H and O–H groups in total. The Morgan fingerprint density at radius 1 is 0.525 bits per heavy atom. The van der Waals surface area contributed by atoms with E-state index in [-0.39, 0.29) is 12.2 Å². The zero-order valence-corrected chi connectivity index (χ0v) is 21.4. The van der Waals surface area contributed by atoms with Crippen LogP contribution in [0.5, 0.6) is 0 Å². The standard InChI is InChI=1S/C30H26BO4.BF4/c1-5-13-23(14-6-1)27-21-28(24-15-7-2-8-16-24)33-31(32-27)34-29(25-17-9-3-10-18-25)22-30(35-31)26-19-11-4-12-20-26;2-1(3,4)5/h1-20,27,29H,21-22H2;/q+1;-1. The van der Waals surface area contributed by atoms with Gasteiger partial charge in [-0.15, -0.1) is 0 Å². The topological polar surface area (TPSA) is 41.1 Å². The minimum Gasteiger partial charge on any atom is -0.418 e. The van der Waals surface area contributed by atoms with E-state index in [0.29, 0.717) is 12.8 Å². The number of hydrogen-bond donors (Lipinski definition) is 0. The lowest BCUT2D eigenvalue weighted by molar-refractivity contribution is -0.380. The predicted octanol–water partition coefficient (Wildman–Crippen LogP) is 7.88. The van der Waals surface area contributed by atoms with Crippen molar-refractivity contribution in [2.24, 2.45) is 0 Å². The van der Waals surface area contributed by atoms with E-state index in [1.54, 1.807) is 0 Å². The number of ketones is 2. The summed E-state index contributed by atoms with van der Waals surface area (Å²) in [6, 6.07) is 40.6. The molecule has 4 nitrogen and oxygen atoms in total. The molecular weight excluding hydrogens is 522 g/mol. The molecule has 0 saturated carbocycles. The summed E-state index contributed by atoms with van der Waals surface area (Å²) in [5, 5.41) is 0. The van der Waals surface area contributed by atoms with Gasteiger partial charge in [-0.3, -0.25) is 0 Å². The van der Waals surface area contributed by atoms with E-state index in [1.807, 2.05) is 97.1 Å². The average Bonchev–Trinajstić information content (AvgIpc) is 2.98. The number of hydrogen-bond acceptors (Lipinski definition) is 2. The SMILES string of the molecule is F[B-](F)(F)F.c1ccc(C2=[O+][B-]3(OC(c4ccccc4)C2)OC(c2ccccc2)CC(c2ccccc2)=[O+]3)cc1. The molecule has 6 rings (SSSR count). The van der Waals surface area contributed by atoms with Gasteiger partial charge in [-0.05, 0) is 35.4 Å². The maximum Gasteiger partial charge on any atom is 1.16 e. The van der Waals surface area contributed by atoms with E-state index in [4.69, 9.17) is 18.0 Å². The zero-order chi connectivity index (χ0) is 28.0. The Labute approximate surface area is 229 Å². The molecule has 2 heterocycles. The van der Waals surface area contributed by atoms with Crippen molar-refractivity contribution in [3.8, 4) is 0 Å². The van der Waals surface area contributed by atoms with Crippen LogP contribution in [0.15, 0.2) is 121 Å². The quantitative estimate of drug-likeness (QED) is 0.148. The van der Waals surface area contributed by atoms with Crippen LogP contribution in [-0.2, 0) is 9.31 Å².